The lowest BCUT2D eigenvalue weighted by Gasteiger charge is -2.37. The van der Waals surface area contributed by atoms with E-state index in [1.54, 1.807) is 48.5 Å². The maximum atomic E-state index is 14.1. The van der Waals surface area contributed by atoms with Crippen LogP contribution in [0.15, 0.2) is 48.5 Å². The van der Waals surface area contributed by atoms with Gasteiger partial charge in [-0.15, -0.1) is 0 Å². The Morgan fingerprint density at radius 2 is 1.31 bits per heavy atom. The highest BCUT2D eigenvalue weighted by molar-refractivity contribution is 6.04. The van der Waals surface area contributed by atoms with Gasteiger partial charge in [-0.3, -0.25) is 4.79 Å². The van der Waals surface area contributed by atoms with Gasteiger partial charge in [-0.2, -0.15) is 0 Å². The van der Waals surface area contributed by atoms with Crippen molar-refractivity contribution in [3.8, 4) is 5.75 Å². The minimum Gasteiger partial charge on any atom is -0.494 e. The first kappa shape index (κ1) is 25.3. The molecule has 3 aromatic rings. The lowest BCUT2D eigenvalue weighted by Crippen LogP contribution is -2.47. The predicted octanol–water partition coefficient (Wildman–Crippen LogP) is 5.75. The number of amides is 1. The van der Waals surface area contributed by atoms with Crippen molar-refractivity contribution in [2.24, 2.45) is 0 Å². The number of carbonyl (C=O) groups is 1. The lowest BCUT2D eigenvalue weighted by molar-refractivity contribution is 0.102. The molecule has 0 radical (unpaired) electrons. The van der Waals surface area contributed by atoms with E-state index in [-0.39, 0.29) is 19.0 Å². The second-order valence-corrected chi connectivity index (χ2v) is 8.27. The van der Waals surface area contributed by atoms with Gasteiger partial charge >= 0.3 is 0 Å². The Hall–Kier alpha value is -3.82. The Bertz CT molecular complexity index is 1200. The summed E-state index contributed by atoms with van der Waals surface area (Å²) in [6.45, 7) is 3.34. The van der Waals surface area contributed by atoms with Crippen molar-refractivity contribution < 1.29 is 31.5 Å². The molecule has 1 amide bonds. The summed E-state index contributed by atoms with van der Waals surface area (Å²) in [6, 6.07) is 13.8. The predicted molar refractivity (Wildman–Crippen MR) is 127 cm³/mol. The van der Waals surface area contributed by atoms with Crippen LogP contribution in [0.5, 0.6) is 5.75 Å². The molecule has 1 fully saturated rings. The van der Waals surface area contributed by atoms with Gasteiger partial charge in [0.2, 0.25) is 5.82 Å². The van der Waals surface area contributed by atoms with Crippen molar-refractivity contribution in [3.05, 3.63) is 83.2 Å². The molecule has 0 atom stereocenters. The van der Waals surface area contributed by atoms with Crippen LogP contribution in [-0.4, -0.2) is 38.7 Å². The van der Waals surface area contributed by atoms with E-state index >= 15 is 0 Å². The molecule has 4 rings (SSSR count). The first-order chi connectivity index (χ1) is 17.3. The fourth-order valence-electron chi connectivity index (χ4n) is 3.94. The van der Waals surface area contributed by atoms with Gasteiger partial charge in [0.25, 0.3) is 5.91 Å². The zero-order chi connectivity index (χ0) is 25.8. The number of piperazine rings is 1. The van der Waals surface area contributed by atoms with Crippen LogP contribution >= 0.6 is 0 Å². The molecule has 0 spiro atoms. The zero-order valence-electron chi connectivity index (χ0n) is 19.5. The lowest BCUT2D eigenvalue weighted by atomic mass is 10.1. The number of carbonyl (C=O) groups excluding carboxylic acids is 1. The molecule has 1 aliphatic heterocycles. The first-order valence-electron chi connectivity index (χ1n) is 11.5. The van der Waals surface area contributed by atoms with Crippen LogP contribution in [-0.2, 0) is 0 Å². The van der Waals surface area contributed by atoms with E-state index in [4.69, 9.17) is 4.74 Å². The van der Waals surface area contributed by atoms with Gasteiger partial charge in [-0.25, -0.2) is 22.0 Å². The molecule has 190 valence electrons. The number of hydrogen-bond acceptors (Lipinski definition) is 4. The minimum atomic E-state index is -2.17. The largest absolute Gasteiger partial charge is 0.494 e. The number of benzene rings is 3. The van der Waals surface area contributed by atoms with Crippen molar-refractivity contribution in [3.63, 3.8) is 0 Å². The van der Waals surface area contributed by atoms with Crippen molar-refractivity contribution in [2.45, 2.75) is 13.3 Å². The fraction of sp³-hybridized carbons (Fsp3) is 0.269. The van der Waals surface area contributed by atoms with E-state index < -0.39 is 34.8 Å². The SMILES string of the molecule is CCCOc1ccc(C(=O)Nc2ccc(N3CCN(c4c(F)c(F)c(F)c(F)c4F)CC3)cc2)cc1. The number of rotatable bonds is 7. The van der Waals surface area contributed by atoms with Crippen molar-refractivity contribution >= 4 is 23.0 Å². The van der Waals surface area contributed by atoms with Crippen LogP contribution in [0.1, 0.15) is 23.7 Å². The Morgan fingerprint density at radius 3 is 1.86 bits per heavy atom. The second-order valence-electron chi connectivity index (χ2n) is 8.27. The Balaban J connectivity index is 1.36. The molecule has 0 aliphatic carbocycles. The Morgan fingerprint density at radius 1 is 0.778 bits per heavy atom. The van der Waals surface area contributed by atoms with Crippen LogP contribution in [0.25, 0.3) is 0 Å². The van der Waals surface area contributed by atoms with Crippen molar-refractivity contribution in [1.82, 2.24) is 0 Å². The smallest absolute Gasteiger partial charge is 0.255 e. The normalized spacial score (nSPS) is 13.6. The quantitative estimate of drug-likeness (QED) is 0.252. The van der Waals surface area contributed by atoms with Crippen molar-refractivity contribution in [1.29, 1.82) is 0 Å². The van der Waals surface area contributed by atoms with Gasteiger partial charge in [0, 0.05) is 43.1 Å². The summed E-state index contributed by atoms with van der Waals surface area (Å²) in [5, 5.41) is 2.82. The van der Waals surface area contributed by atoms with E-state index in [1.807, 2.05) is 11.8 Å². The second kappa shape index (κ2) is 10.8. The Labute approximate surface area is 205 Å². The summed E-state index contributed by atoms with van der Waals surface area (Å²) in [6.07, 6.45) is 0.888. The van der Waals surface area contributed by atoms with Crippen LogP contribution in [0.2, 0.25) is 0 Å². The molecule has 1 heterocycles. The highest BCUT2D eigenvalue weighted by Gasteiger charge is 2.30. The van der Waals surface area contributed by atoms with Crippen LogP contribution in [0, 0.1) is 29.1 Å². The highest BCUT2D eigenvalue weighted by Crippen LogP contribution is 2.31. The molecule has 1 aliphatic rings. The molecule has 3 aromatic carbocycles. The number of nitrogens with zero attached hydrogens (tertiary/aromatic N) is 2. The number of anilines is 3. The van der Waals surface area contributed by atoms with Gasteiger partial charge in [0.15, 0.2) is 23.3 Å². The summed E-state index contributed by atoms with van der Waals surface area (Å²) in [5.74, 6) is -9.32. The third kappa shape index (κ3) is 5.22. The van der Waals surface area contributed by atoms with Crippen LogP contribution in [0.4, 0.5) is 39.0 Å². The van der Waals surface area contributed by atoms with Gasteiger partial charge in [-0.1, -0.05) is 6.92 Å². The topological polar surface area (TPSA) is 44.8 Å². The molecule has 1 saturated heterocycles. The molecular weight excluding hydrogens is 481 g/mol. The summed E-state index contributed by atoms with van der Waals surface area (Å²) < 4.78 is 74.2. The fourth-order valence-corrected chi connectivity index (χ4v) is 3.94. The molecular formula is C26H24F5N3O2. The van der Waals surface area contributed by atoms with Crippen molar-refractivity contribution in [2.75, 3.05) is 47.9 Å². The average molecular weight is 505 g/mol. The molecule has 10 heteroatoms. The molecule has 1 N–H and O–H groups in total. The van der Waals surface area contributed by atoms with Gasteiger partial charge in [0.1, 0.15) is 11.4 Å². The number of halogens is 5. The number of ether oxygens (including phenoxy) is 1. The number of nitrogens with one attached hydrogen (secondary N) is 1. The monoisotopic (exact) mass is 505 g/mol. The summed E-state index contributed by atoms with van der Waals surface area (Å²) in [7, 11) is 0. The molecule has 0 aromatic heterocycles. The van der Waals surface area contributed by atoms with E-state index in [9.17, 15) is 26.7 Å². The number of hydrogen-bond donors (Lipinski definition) is 1. The van der Waals surface area contributed by atoms with Gasteiger partial charge in [-0.05, 0) is 55.0 Å². The molecule has 5 nitrogen and oxygen atoms in total. The van der Waals surface area contributed by atoms with Gasteiger partial charge in [0.05, 0.1) is 6.61 Å². The Kier molecular flexibility index (Phi) is 7.61. The van der Waals surface area contributed by atoms with Crippen LogP contribution < -0.4 is 19.9 Å². The zero-order valence-corrected chi connectivity index (χ0v) is 19.5. The average Bonchev–Trinajstić information content (AvgIpc) is 2.91. The van der Waals surface area contributed by atoms with E-state index in [0.717, 1.165) is 17.0 Å². The first-order valence-corrected chi connectivity index (χ1v) is 11.5. The standard InChI is InChI=1S/C26H24F5N3O2/c1-2-15-36-19-9-3-16(4-10-19)26(35)32-17-5-7-18(8-6-17)33-11-13-34(14-12-33)25-23(30)21(28)20(27)22(29)24(25)31/h3-10H,2,11-15H2,1H3,(H,32,35). The highest BCUT2D eigenvalue weighted by atomic mass is 19.2. The molecule has 36 heavy (non-hydrogen) atoms. The molecule has 0 unspecified atom stereocenters. The summed E-state index contributed by atoms with van der Waals surface area (Å²) >= 11 is 0. The van der Waals surface area contributed by atoms with Crippen LogP contribution in [0.3, 0.4) is 0 Å². The molecule has 0 bridgehead atoms. The van der Waals surface area contributed by atoms with Gasteiger partial charge < -0.3 is 19.9 Å². The summed E-state index contributed by atoms with van der Waals surface area (Å²) in [4.78, 5) is 15.6. The molecule has 0 saturated carbocycles. The third-order valence-corrected chi connectivity index (χ3v) is 5.86. The van der Waals surface area contributed by atoms with E-state index in [1.165, 1.54) is 0 Å². The van der Waals surface area contributed by atoms with E-state index in [2.05, 4.69) is 5.32 Å². The minimum absolute atomic E-state index is 0.0643. The third-order valence-electron chi connectivity index (χ3n) is 5.86. The summed E-state index contributed by atoms with van der Waals surface area (Å²) in [5.41, 5.74) is 0.943. The maximum Gasteiger partial charge on any atom is 0.255 e. The maximum absolute atomic E-state index is 14.1. The van der Waals surface area contributed by atoms with E-state index in [0.29, 0.717) is 36.7 Å².